The molecule has 24 heavy (non-hydrogen) atoms. The molecular weight excluding hydrogens is 312 g/mol. The van der Waals surface area contributed by atoms with Crippen LogP contribution >= 0.6 is 0 Å². The molecule has 126 valence electrons. The first-order chi connectivity index (χ1) is 11.6. The van der Waals surface area contributed by atoms with Crippen molar-refractivity contribution in [3.63, 3.8) is 0 Å². The second kappa shape index (κ2) is 6.71. The van der Waals surface area contributed by atoms with Crippen LogP contribution < -0.4 is 5.32 Å². The van der Waals surface area contributed by atoms with Crippen molar-refractivity contribution in [2.75, 3.05) is 18.4 Å². The molecule has 1 aromatic carbocycles. The number of benzene rings is 1. The summed E-state index contributed by atoms with van der Waals surface area (Å²) in [4.78, 5) is 33.1. The zero-order valence-electron chi connectivity index (χ0n) is 12.9. The largest absolute Gasteiger partial charge is 0.506 e. The summed E-state index contributed by atoms with van der Waals surface area (Å²) in [6.45, 7) is 0.860. The van der Waals surface area contributed by atoms with Gasteiger partial charge in [-0.15, -0.1) is 0 Å². The molecule has 1 aliphatic rings. The molecule has 0 atom stereocenters. The average Bonchev–Trinajstić information content (AvgIpc) is 3.07. The fourth-order valence-corrected chi connectivity index (χ4v) is 2.62. The zero-order chi connectivity index (χ0) is 17.1. The number of aliphatic hydroxyl groups is 1. The molecule has 0 aliphatic carbocycles. The minimum Gasteiger partial charge on any atom is -0.506 e. The van der Waals surface area contributed by atoms with E-state index in [1.54, 1.807) is 23.1 Å². The van der Waals surface area contributed by atoms with E-state index in [-0.39, 0.29) is 34.8 Å². The summed E-state index contributed by atoms with van der Waals surface area (Å²) in [5, 5.41) is 21.8. The Labute approximate surface area is 138 Å². The number of aromatic nitrogens is 2. The van der Waals surface area contributed by atoms with Gasteiger partial charge in [0.05, 0.1) is 18.1 Å². The van der Waals surface area contributed by atoms with Gasteiger partial charge in [0.25, 0.3) is 11.8 Å². The number of nitrogens with one attached hydrogen (secondary N) is 2. The molecule has 8 heteroatoms. The number of nitrogens with zero attached hydrogens (tertiary/aromatic N) is 2. The number of hydrogen-bond acceptors (Lipinski definition) is 5. The van der Waals surface area contributed by atoms with Crippen molar-refractivity contribution in [2.24, 2.45) is 0 Å². The molecule has 0 spiro atoms. The van der Waals surface area contributed by atoms with E-state index in [9.17, 15) is 19.8 Å². The van der Waals surface area contributed by atoms with Crippen LogP contribution in [0.2, 0.25) is 0 Å². The van der Waals surface area contributed by atoms with Crippen LogP contribution in [-0.2, 0) is 0 Å². The average molecular weight is 330 g/mol. The molecule has 1 saturated heterocycles. The normalized spacial score (nSPS) is 15.3. The van der Waals surface area contributed by atoms with Crippen LogP contribution in [0.25, 0.3) is 0 Å². The van der Waals surface area contributed by atoms with Gasteiger partial charge < -0.3 is 25.4 Å². The second-order valence-electron chi connectivity index (χ2n) is 5.62. The van der Waals surface area contributed by atoms with E-state index in [0.717, 1.165) is 0 Å². The maximum absolute atomic E-state index is 12.6. The van der Waals surface area contributed by atoms with Gasteiger partial charge in [0, 0.05) is 13.1 Å². The molecular formula is C16H18N4O4. The van der Waals surface area contributed by atoms with Crippen LogP contribution in [0.5, 0.6) is 5.75 Å². The third-order valence-electron chi connectivity index (χ3n) is 3.97. The SMILES string of the molecule is O=C(Nc1ccccc1O)c1nc[nH]c1C(=O)N1CCC(O)CC1. The number of aromatic amines is 1. The Bertz CT molecular complexity index is 750. The van der Waals surface area contributed by atoms with Gasteiger partial charge in [-0.05, 0) is 25.0 Å². The molecule has 4 N–H and O–H groups in total. The lowest BCUT2D eigenvalue weighted by Crippen LogP contribution is -2.40. The van der Waals surface area contributed by atoms with Gasteiger partial charge in [0.2, 0.25) is 0 Å². The number of H-pyrrole nitrogens is 1. The molecule has 0 radical (unpaired) electrons. The van der Waals surface area contributed by atoms with Crippen molar-refractivity contribution < 1.29 is 19.8 Å². The van der Waals surface area contributed by atoms with Gasteiger partial charge in [-0.25, -0.2) is 4.98 Å². The van der Waals surface area contributed by atoms with E-state index >= 15 is 0 Å². The number of likely N-dealkylation sites (tertiary alicyclic amines) is 1. The summed E-state index contributed by atoms with van der Waals surface area (Å²) >= 11 is 0. The number of aliphatic hydroxyl groups excluding tert-OH is 1. The Kier molecular flexibility index (Phi) is 4.48. The van der Waals surface area contributed by atoms with Crippen LogP contribution in [0.3, 0.4) is 0 Å². The minimum absolute atomic E-state index is 0.0330. The minimum atomic E-state index is -0.585. The Balaban J connectivity index is 1.76. The molecule has 2 aromatic rings. The highest BCUT2D eigenvalue weighted by Gasteiger charge is 2.27. The summed E-state index contributed by atoms with van der Waals surface area (Å²) in [6.07, 6.45) is 1.92. The van der Waals surface area contributed by atoms with Gasteiger partial charge in [-0.2, -0.15) is 0 Å². The summed E-state index contributed by atoms with van der Waals surface area (Å²) in [7, 11) is 0. The lowest BCUT2D eigenvalue weighted by molar-refractivity contribution is 0.0539. The number of carbonyl (C=O) groups excluding carboxylic acids is 2. The van der Waals surface area contributed by atoms with E-state index in [1.807, 2.05) is 0 Å². The maximum atomic E-state index is 12.6. The third-order valence-corrected chi connectivity index (χ3v) is 3.97. The number of carbonyl (C=O) groups is 2. The molecule has 2 heterocycles. The zero-order valence-corrected chi connectivity index (χ0v) is 12.9. The molecule has 0 bridgehead atoms. The molecule has 1 aromatic heterocycles. The Morgan fingerprint density at radius 3 is 2.67 bits per heavy atom. The van der Waals surface area contributed by atoms with Crippen LogP contribution in [0.4, 0.5) is 5.69 Å². The van der Waals surface area contributed by atoms with Crippen molar-refractivity contribution in [1.82, 2.24) is 14.9 Å². The molecule has 0 saturated carbocycles. The Morgan fingerprint density at radius 1 is 1.25 bits per heavy atom. The van der Waals surface area contributed by atoms with E-state index in [1.165, 1.54) is 12.4 Å². The van der Waals surface area contributed by atoms with Gasteiger partial charge in [-0.3, -0.25) is 9.59 Å². The first-order valence-electron chi connectivity index (χ1n) is 7.66. The van der Waals surface area contributed by atoms with Crippen molar-refractivity contribution >= 4 is 17.5 Å². The number of anilines is 1. The number of rotatable bonds is 3. The first-order valence-corrected chi connectivity index (χ1v) is 7.66. The quantitative estimate of drug-likeness (QED) is 0.625. The maximum Gasteiger partial charge on any atom is 0.276 e. The number of phenols is 1. The van der Waals surface area contributed by atoms with Gasteiger partial charge in [-0.1, -0.05) is 12.1 Å². The molecule has 1 fully saturated rings. The Hall–Kier alpha value is -2.87. The molecule has 3 rings (SSSR count). The van der Waals surface area contributed by atoms with E-state index < -0.39 is 5.91 Å². The van der Waals surface area contributed by atoms with Crippen LogP contribution in [0, 0.1) is 0 Å². The number of para-hydroxylation sites is 2. The van der Waals surface area contributed by atoms with Gasteiger partial charge >= 0.3 is 0 Å². The lowest BCUT2D eigenvalue weighted by atomic mass is 10.1. The highest BCUT2D eigenvalue weighted by atomic mass is 16.3. The number of phenolic OH excluding ortho intramolecular Hbond substituents is 1. The first kappa shape index (κ1) is 16.0. The number of amides is 2. The lowest BCUT2D eigenvalue weighted by Gasteiger charge is -2.29. The van der Waals surface area contributed by atoms with Crippen LogP contribution in [0.15, 0.2) is 30.6 Å². The van der Waals surface area contributed by atoms with E-state index in [2.05, 4.69) is 15.3 Å². The molecule has 2 amide bonds. The highest BCUT2D eigenvalue weighted by Crippen LogP contribution is 2.22. The number of imidazole rings is 1. The van der Waals surface area contributed by atoms with Crippen molar-refractivity contribution in [2.45, 2.75) is 18.9 Å². The monoisotopic (exact) mass is 330 g/mol. The fraction of sp³-hybridized carbons (Fsp3) is 0.312. The van der Waals surface area contributed by atoms with Crippen molar-refractivity contribution in [3.8, 4) is 5.75 Å². The summed E-state index contributed by atoms with van der Waals surface area (Å²) < 4.78 is 0. The number of hydrogen-bond donors (Lipinski definition) is 4. The molecule has 1 aliphatic heterocycles. The smallest absolute Gasteiger partial charge is 0.276 e. The van der Waals surface area contributed by atoms with Crippen LogP contribution in [-0.4, -0.2) is 56.1 Å². The summed E-state index contributed by atoms with van der Waals surface area (Å²) in [5.41, 5.74) is 0.304. The Morgan fingerprint density at radius 2 is 1.96 bits per heavy atom. The van der Waals surface area contributed by atoms with E-state index in [4.69, 9.17) is 0 Å². The van der Waals surface area contributed by atoms with Crippen molar-refractivity contribution in [3.05, 3.63) is 42.0 Å². The van der Waals surface area contributed by atoms with Crippen molar-refractivity contribution in [1.29, 1.82) is 0 Å². The standard InChI is InChI=1S/C16H18N4O4/c21-10-5-7-20(8-6-10)16(24)14-13(17-9-18-14)15(23)19-11-3-1-2-4-12(11)22/h1-4,9-10,21-22H,5-8H2,(H,17,18)(H,19,23). The predicted octanol–water partition coefficient (Wildman–Crippen LogP) is 0.964. The topological polar surface area (TPSA) is 119 Å². The predicted molar refractivity (Wildman–Crippen MR) is 85.8 cm³/mol. The van der Waals surface area contributed by atoms with Gasteiger partial charge in [0.15, 0.2) is 5.69 Å². The van der Waals surface area contributed by atoms with Crippen LogP contribution in [0.1, 0.15) is 33.8 Å². The fourth-order valence-electron chi connectivity index (χ4n) is 2.62. The van der Waals surface area contributed by atoms with Gasteiger partial charge in [0.1, 0.15) is 11.4 Å². The summed E-state index contributed by atoms with van der Waals surface area (Å²) in [6, 6.07) is 6.31. The highest BCUT2D eigenvalue weighted by molar-refractivity contribution is 6.10. The third kappa shape index (κ3) is 3.23. The number of piperidine rings is 1. The molecule has 0 unspecified atom stereocenters. The summed E-state index contributed by atoms with van der Waals surface area (Å²) in [5.74, 6) is -0.987. The van der Waals surface area contributed by atoms with E-state index in [0.29, 0.717) is 25.9 Å². The molecule has 8 nitrogen and oxygen atoms in total. The number of aromatic hydroxyl groups is 1. The second-order valence-corrected chi connectivity index (χ2v) is 5.62.